The number of halogens is 1. The molecule has 1 amide bonds. The second-order valence-electron chi connectivity index (χ2n) is 9.30. The molecule has 1 N–H and O–H groups in total. The number of ether oxygens (including phenoxy) is 2. The lowest BCUT2D eigenvalue weighted by molar-refractivity contribution is -0.136. The Bertz CT molecular complexity index is 1320. The smallest absolute Gasteiger partial charge is 0.307 e. The van der Waals surface area contributed by atoms with Crippen LogP contribution in [0.1, 0.15) is 41.0 Å². The number of aliphatic carboxylic acids is 1. The summed E-state index contributed by atoms with van der Waals surface area (Å²) in [5.41, 5.74) is 4.47. The zero-order valence-corrected chi connectivity index (χ0v) is 20.1. The third kappa shape index (κ3) is 4.65. The van der Waals surface area contributed by atoms with Gasteiger partial charge in [0.25, 0.3) is 0 Å². The Kier molecular flexibility index (Phi) is 6.63. The summed E-state index contributed by atoms with van der Waals surface area (Å²) >= 11 is 0. The van der Waals surface area contributed by atoms with Gasteiger partial charge in [-0.05, 0) is 70.8 Å². The highest BCUT2D eigenvalue weighted by atomic mass is 19.1. The summed E-state index contributed by atoms with van der Waals surface area (Å²) in [6.45, 7) is 1.32. The Hall–Kier alpha value is -3.87. The molecule has 2 heterocycles. The first-order chi connectivity index (χ1) is 17.4. The second-order valence-corrected chi connectivity index (χ2v) is 9.30. The largest absolute Gasteiger partial charge is 0.496 e. The predicted molar refractivity (Wildman–Crippen MR) is 133 cm³/mol. The minimum atomic E-state index is -0.932. The number of carbonyl (C=O) groups is 2. The number of benzene rings is 3. The Balaban J connectivity index is 1.45. The van der Waals surface area contributed by atoms with Gasteiger partial charge >= 0.3 is 5.97 Å². The van der Waals surface area contributed by atoms with E-state index < -0.39 is 5.97 Å². The Labute approximate surface area is 209 Å². The van der Waals surface area contributed by atoms with Gasteiger partial charge in [-0.3, -0.25) is 9.59 Å². The molecule has 186 valence electrons. The van der Waals surface area contributed by atoms with Crippen LogP contribution in [0, 0.1) is 5.82 Å². The number of para-hydroxylation sites is 1. The van der Waals surface area contributed by atoms with Crippen LogP contribution in [0.5, 0.6) is 11.5 Å². The Morgan fingerprint density at radius 3 is 2.75 bits per heavy atom. The van der Waals surface area contributed by atoms with E-state index in [1.54, 1.807) is 36.3 Å². The van der Waals surface area contributed by atoms with E-state index in [4.69, 9.17) is 9.47 Å². The molecule has 36 heavy (non-hydrogen) atoms. The van der Waals surface area contributed by atoms with Gasteiger partial charge in [-0.1, -0.05) is 30.3 Å². The maximum absolute atomic E-state index is 14.8. The highest BCUT2D eigenvalue weighted by Crippen LogP contribution is 2.39. The van der Waals surface area contributed by atoms with Crippen LogP contribution in [-0.2, 0) is 29.0 Å². The van der Waals surface area contributed by atoms with E-state index in [-0.39, 0.29) is 24.1 Å². The summed E-state index contributed by atoms with van der Waals surface area (Å²) in [7, 11) is 1.55. The van der Waals surface area contributed by atoms with Gasteiger partial charge < -0.3 is 19.5 Å². The quantitative estimate of drug-likeness (QED) is 0.529. The van der Waals surface area contributed by atoms with Gasteiger partial charge in [-0.25, -0.2) is 4.39 Å². The molecule has 0 aromatic heterocycles. The van der Waals surface area contributed by atoms with E-state index in [9.17, 15) is 19.1 Å². The van der Waals surface area contributed by atoms with Crippen molar-refractivity contribution >= 4 is 11.9 Å². The number of nitrogens with zero attached hydrogens (tertiary/aromatic N) is 1. The molecule has 3 aromatic carbocycles. The zero-order valence-electron chi connectivity index (χ0n) is 20.1. The lowest BCUT2D eigenvalue weighted by atomic mass is 9.87. The molecule has 0 saturated heterocycles. The standard InChI is InChI=1S/C29H28FNO5/c1-35-26-9-6-18(15-29(33)34)14-23(26)21-7-8-25(30)22-10-12-31(17-24(21)22)28(32)16-19-11-13-36-27-5-3-2-4-20(19)27/h2-9,14,19H,10-13,15-17H2,1H3,(H,33,34). The average Bonchev–Trinajstić information content (AvgIpc) is 2.88. The van der Waals surface area contributed by atoms with Crippen molar-refractivity contribution in [3.63, 3.8) is 0 Å². The molecule has 0 saturated carbocycles. The van der Waals surface area contributed by atoms with Gasteiger partial charge in [-0.2, -0.15) is 0 Å². The SMILES string of the molecule is COc1ccc(CC(=O)O)cc1-c1ccc(F)c2c1CN(C(=O)CC1CCOc3ccccc31)CC2. The predicted octanol–water partition coefficient (Wildman–Crippen LogP) is 4.97. The summed E-state index contributed by atoms with van der Waals surface area (Å²) in [5, 5.41) is 9.24. The number of fused-ring (bicyclic) bond motifs is 2. The fraction of sp³-hybridized carbons (Fsp3) is 0.310. The highest BCUT2D eigenvalue weighted by Gasteiger charge is 2.30. The van der Waals surface area contributed by atoms with Crippen molar-refractivity contribution in [2.75, 3.05) is 20.3 Å². The summed E-state index contributed by atoms with van der Waals surface area (Å²) in [4.78, 5) is 26.5. The number of rotatable bonds is 6. The lowest BCUT2D eigenvalue weighted by Crippen LogP contribution is -2.37. The van der Waals surface area contributed by atoms with Crippen LogP contribution < -0.4 is 9.47 Å². The third-order valence-electron chi connectivity index (χ3n) is 7.12. The van der Waals surface area contributed by atoms with Crippen LogP contribution in [0.3, 0.4) is 0 Å². The molecule has 1 atom stereocenters. The maximum atomic E-state index is 14.8. The molecule has 3 aromatic rings. The second kappa shape index (κ2) is 10.0. The molecule has 0 aliphatic carbocycles. The summed E-state index contributed by atoms with van der Waals surface area (Å²) < 4.78 is 26.1. The minimum absolute atomic E-state index is 0.0316. The Morgan fingerprint density at radius 1 is 1.11 bits per heavy atom. The number of methoxy groups -OCH3 is 1. The third-order valence-corrected chi connectivity index (χ3v) is 7.12. The highest BCUT2D eigenvalue weighted by molar-refractivity contribution is 5.80. The maximum Gasteiger partial charge on any atom is 0.307 e. The monoisotopic (exact) mass is 489 g/mol. The lowest BCUT2D eigenvalue weighted by Gasteiger charge is -2.33. The molecule has 6 nitrogen and oxygen atoms in total. The number of carboxylic acids is 1. The first-order valence-electron chi connectivity index (χ1n) is 12.1. The fourth-order valence-corrected chi connectivity index (χ4v) is 5.32. The van der Waals surface area contributed by atoms with E-state index in [1.165, 1.54) is 6.07 Å². The van der Waals surface area contributed by atoms with Crippen molar-refractivity contribution in [3.8, 4) is 22.6 Å². The van der Waals surface area contributed by atoms with Gasteiger partial charge in [0.15, 0.2) is 0 Å². The summed E-state index contributed by atoms with van der Waals surface area (Å²) in [5.74, 6) is 0.301. The van der Waals surface area contributed by atoms with E-state index in [1.807, 2.05) is 24.3 Å². The van der Waals surface area contributed by atoms with E-state index in [0.717, 1.165) is 28.9 Å². The van der Waals surface area contributed by atoms with E-state index >= 15 is 0 Å². The molecule has 2 aliphatic rings. The number of carbonyl (C=O) groups excluding carboxylic acids is 1. The molecule has 0 fully saturated rings. The molecule has 7 heteroatoms. The van der Waals surface area contributed by atoms with Crippen LogP contribution in [0.4, 0.5) is 4.39 Å². The van der Waals surface area contributed by atoms with E-state index in [2.05, 4.69) is 0 Å². The van der Waals surface area contributed by atoms with Crippen molar-refractivity contribution in [2.45, 2.75) is 38.1 Å². The molecule has 1 unspecified atom stereocenters. The zero-order chi connectivity index (χ0) is 25.2. The summed E-state index contributed by atoms with van der Waals surface area (Å²) in [6.07, 6.45) is 1.44. The minimum Gasteiger partial charge on any atom is -0.496 e. The fourth-order valence-electron chi connectivity index (χ4n) is 5.32. The number of amides is 1. The average molecular weight is 490 g/mol. The molecule has 0 bridgehead atoms. The molecule has 0 radical (unpaired) electrons. The Morgan fingerprint density at radius 2 is 1.94 bits per heavy atom. The van der Waals surface area contributed by atoms with Crippen molar-refractivity contribution < 1.29 is 28.6 Å². The van der Waals surface area contributed by atoms with Crippen LogP contribution in [-0.4, -0.2) is 42.1 Å². The molecule has 0 spiro atoms. The van der Waals surface area contributed by atoms with Gasteiger partial charge in [0.2, 0.25) is 5.91 Å². The van der Waals surface area contributed by atoms with Crippen molar-refractivity contribution in [1.82, 2.24) is 4.90 Å². The van der Waals surface area contributed by atoms with Crippen LogP contribution in [0.2, 0.25) is 0 Å². The van der Waals surface area contributed by atoms with Crippen LogP contribution in [0.25, 0.3) is 11.1 Å². The number of hydrogen-bond acceptors (Lipinski definition) is 4. The van der Waals surface area contributed by atoms with Gasteiger partial charge in [0, 0.05) is 25.1 Å². The summed E-state index contributed by atoms with van der Waals surface area (Å²) in [6, 6.07) is 16.2. The van der Waals surface area contributed by atoms with E-state index in [0.29, 0.717) is 55.0 Å². The van der Waals surface area contributed by atoms with Crippen LogP contribution >= 0.6 is 0 Å². The van der Waals surface area contributed by atoms with Crippen molar-refractivity contribution in [2.24, 2.45) is 0 Å². The van der Waals surface area contributed by atoms with Crippen molar-refractivity contribution in [1.29, 1.82) is 0 Å². The topological polar surface area (TPSA) is 76.1 Å². The first kappa shape index (κ1) is 23.9. The van der Waals surface area contributed by atoms with Crippen molar-refractivity contribution in [3.05, 3.63) is 82.7 Å². The van der Waals surface area contributed by atoms with Gasteiger partial charge in [0.05, 0.1) is 20.1 Å². The normalized spacial score (nSPS) is 16.5. The van der Waals surface area contributed by atoms with Gasteiger partial charge in [0.1, 0.15) is 17.3 Å². The molecular weight excluding hydrogens is 461 g/mol. The van der Waals surface area contributed by atoms with Gasteiger partial charge in [-0.15, -0.1) is 0 Å². The molecule has 2 aliphatic heterocycles. The molecule has 5 rings (SSSR count). The first-order valence-corrected chi connectivity index (χ1v) is 12.1. The number of hydrogen-bond donors (Lipinski definition) is 1. The number of carboxylic acid groups (broad SMARTS) is 1. The molecular formula is C29H28FNO5. The van der Waals surface area contributed by atoms with Crippen LogP contribution in [0.15, 0.2) is 54.6 Å².